The van der Waals surface area contributed by atoms with Gasteiger partial charge in [0.2, 0.25) is 0 Å². The fourth-order valence-electron chi connectivity index (χ4n) is 1.59. The predicted molar refractivity (Wildman–Crippen MR) is 79.7 cm³/mol. The smallest absolute Gasteiger partial charge is 0.268 e. The number of halogens is 1. The number of hydrogen-bond acceptors (Lipinski definition) is 4. The van der Waals surface area contributed by atoms with Gasteiger partial charge in [-0.15, -0.1) is 0 Å². The summed E-state index contributed by atoms with van der Waals surface area (Å²) in [5, 5.41) is 12.6. The summed E-state index contributed by atoms with van der Waals surface area (Å²) in [5.74, 6) is -0.534. The summed E-state index contributed by atoms with van der Waals surface area (Å²) in [5.41, 5.74) is 11.7. The zero-order valence-electron chi connectivity index (χ0n) is 11.8. The van der Waals surface area contributed by atoms with E-state index >= 15 is 0 Å². The van der Waals surface area contributed by atoms with Crippen LogP contribution in [0.2, 0.25) is 5.02 Å². The van der Waals surface area contributed by atoms with E-state index in [-0.39, 0.29) is 5.70 Å². The molecule has 5 nitrogen and oxygen atoms in total. The zero-order valence-corrected chi connectivity index (χ0v) is 12.5. The molecule has 0 bridgehead atoms. The first-order chi connectivity index (χ1) is 9.15. The van der Waals surface area contributed by atoms with Crippen molar-refractivity contribution in [2.24, 2.45) is 11.5 Å². The number of aliphatic hydroxyl groups excluding tert-OH is 1. The van der Waals surface area contributed by atoms with Crippen LogP contribution in [0.5, 0.6) is 0 Å². The Kier molecular flexibility index (Phi) is 5.16. The number of carbonyl (C=O) groups excluding carboxylic acids is 1. The predicted octanol–water partition coefficient (Wildman–Crippen LogP) is 1.20. The average molecular weight is 298 g/mol. The topological polar surface area (TPSA) is 101 Å². The number of nitrogens with one attached hydrogen (secondary N) is 1. The Balaban J connectivity index is 2.97. The zero-order chi connectivity index (χ0) is 15.5. The second-order valence-electron chi connectivity index (χ2n) is 4.94. The van der Waals surface area contributed by atoms with Crippen LogP contribution in [0.3, 0.4) is 0 Å². The summed E-state index contributed by atoms with van der Waals surface area (Å²) in [7, 11) is 0. The summed E-state index contributed by atoms with van der Waals surface area (Å²) in [6.45, 7) is 4.77. The van der Waals surface area contributed by atoms with Crippen LogP contribution in [0, 0.1) is 0 Å². The molecular formula is C14H20ClN3O2. The molecule has 0 fully saturated rings. The van der Waals surface area contributed by atoms with Crippen molar-refractivity contribution in [3.8, 4) is 0 Å². The van der Waals surface area contributed by atoms with Gasteiger partial charge in [0, 0.05) is 5.02 Å². The molecule has 6 N–H and O–H groups in total. The van der Waals surface area contributed by atoms with Gasteiger partial charge in [0.25, 0.3) is 5.91 Å². The highest BCUT2D eigenvalue weighted by Crippen LogP contribution is 2.19. The van der Waals surface area contributed by atoms with E-state index in [0.717, 1.165) is 0 Å². The minimum absolute atomic E-state index is 0.0429. The molecule has 110 valence electrons. The molecule has 1 aromatic carbocycles. The molecule has 0 aliphatic rings. The highest BCUT2D eigenvalue weighted by molar-refractivity contribution is 6.30. The van der Waals surface area contributed by atoms with Gasteiger partial charge in [-0.1, -0.05) is 23.7 Å². The van der Waals surface area contributed by atoms with Gasteiger partial charge in [0.1, 0.15) is 5.66 Å². The van der Waals surface area contributed by atoms with Gasteiger partial charge in [0.15, 0.2) is 0 Å². The first kappa shape index (κ1) is 16.5. The number of aliphatic hydroxyl groups is 1. The fraction of sp³-hybridized carbons (Fsp3) is 0.357. The monoisotopic (exact) mass is 297 g/mol. The third kappa shape index (κ3) is 3.96. The maximum absolute atomic E-state index is 12.0. The van der Waals surface area contributed by atoms with Crippen LogP contribution in [0.15, 0.2) is 35.5 Å². The average Bonchev–Trinajstić information content (AvgIpc) is 2.36. The molecule has 0 saturated heterocycles. The third-order valence-electron chi connectivity index (χ3n) is 3.09. The summed E-state index contributed by atoms with van der Waals surface area (Å²) >= 11 is 5.91. The standard InChI is InChI=1S/C14H20ClN3O2/c1-8(9(2)19)12(16)13(20)18-14(3,17)10-5-4-6-11(15)7-10/h4-7,9,19H,16-17H2,1-3H3,(H,18,20)/b12-8+/t9-,14?/m1/s1. The molecule has 0 spiro atoms. The Bertz CT molecular complexity index is 539. The molecule has 20 heavy (non-hydrogen) atoms. The van der Waals surface area contributed by atoms with Gasteiger partial charge >= 0.3 is 0 Å². The lowest BCUT2D eigenvalue weighted by Gasteiger charge is -2.27. The Labute approximate surface area is 123 Å². The number of benzene rings is 1. The second kappa shape index (κ2) is 6.26. The number of amides is 1. The number of carbonyl (C=O) groups is 1. The molecule has 1 aromatic rings. The van der Waals surface area contributed by atoms with Crippen LogP contribution >= 0.6 is 11.6 Å². The SMILES string of the molecule is C/C(=C(\N)C(=O)NC(C)(N)c1cccc(Cl)c1)[C@@H](C)O. The molecule has 1 amide bonds. The van der Waals surface area contributed by atoms with E-state index in [2.05, 4.69) is 5.32 Å². The van der Waals surface area contributed by atoms with Crippen LogP contribution in [-0.4, -0.2) is 17.1 Å². The lowest BCUT2D eigenvalue weighted by Crippen LogP contribution is -2.52. The number of hydrogen-bond donors (Lipinski definition) is 4. The van der Waals surface area contributed by atoms with Gasteiger partial charge in [-0.25, -0.2) is 0 Å². The van der Waals surface area contributed by atoms with Crippen LogP contribution in [0.1, 0.15) is 26.3 Å². The number of rotatable bonds is 4. The van der Waals surface area contributed by atoms with Crippen molar-refractivity contribution in [2.75, 3.05) is 0 Å². The van der Waals surface area contributed by atoms with Gasteiger partial charge in [-0.3, -0.25) is 4.79 Å². The van der Waals surface area contributed by atoms with Crippen molar-refractivity contribution < 1.29 is 9.90 Å². The van der Waals surface area contributed by atoms with E-state index < -0.39 is 17.7 Å². The molecule has 1 rings (SSSR count). The molecule has 0 aliphatic carbocycles. The van der Waals surface area contributed by atoms with E-state index in [1.54, 1.807) is 38.1 Å². The van der Waals surface area contributed by atoms with Crippen molar-refractivity contribution in [1.82, 2.24) is 5.32 Å². The maximum atomic E-state index is 12.0. The fourth-order valence-corrected chi connectivity index (χ4v) is 1.78. The molecule has 0 heterocycles. The molecule has 0 aromatic heterocycles. The quantitative estimate of drug-likeness (QED) is 0.495. The second-order valence-corrected chi connectivity index (χ2v) is 5.38. The van der Waals surface area contributed by atoms with E-state index in [4.69, 9.17) is 23.1 Å². The minimum Gasteiger partial charge on any atom is -0.394 e. The number of nitrogens with two attached hydrogens (primary N) is 2. The summed E-state index contributed by atoms with van der Waals surface area (Å²) in [4.78, 5) is 12.0. The van der Waals surface area contributed by atoms with Crippen LogP contribution in [0.25, 0.3) is 0 Å². The lowest BCUT2D eigenvalue weighted by molar-refractivity contribution is -0.119. The molecule has 0 aliphatic heterocycles. The molecular weight excluding hydrogens is 278 g/mol. The van der Waals surface area contributed by atoms with E-state index in [1.165, 1.54) is 6.92 Å². The maximum Gasteiger partial charge on any atom is 0.268 e. The van der Waals surface area contributed by atoms with Gasteiger partial charge in [0.05, 0.1) is 11.8 Å². The third-order valence-corrected chi connectivity index (χ3v) is 3.33. The van der Waals surface area contributed by atoms with Crippen molar-refractivity contribution >= 4 is 17.5 Å². The Morgan fingerprint density at radius 1 is 1.50 bits per heavy atom. The summed E-state index contributed by atoms with van der Waals surface area (Å²) in [6, 6.07) is 6.89. The Hall–Kier alpha value is -1.56. The Morgan fingerprint density at radius 2 is 2.10 bits per heavy atom. The van der Waals surface area contributed by atoms with E-state index in [1.807, 2.05) is 0 Å². The van der Waals surface area contributed by atoms with Crippen molar-refractivity contribution in [3.05, 3.63) is 46.1 Å². The highest BCUT2D eigenvalue weighted by atomic mass is 35.5. The lowest BCUT2D eigenvalue weighted by atomic mass is 10.0. The summed E-state index contributed by atoms with van der Waals surface area (Å²) in [6.07, 6.45) is -0.795. The van der Waals surface area contributed by atoms with Crippen LogP contribution in [0.4, 0.5) is 0 Å². The first-order valence-electron chi connectivity index (χ1n) is 6.17. The largest absolute Gasteiger partial charge is 0.394 e. The summed E-state index contributed by atoms with van der Waals surface area (Å²) < 4.78 is 0. The first-order valence-corrected chi connectivity index (χ1v) is 6.54. The van der Waals surface area contributed by atoms with Gasteiger partial charge < -0.3 is 21.9 Å². The molecule has 0 saturated carbocycles. The van der Waals surface area contributed by atoms with Crippen LogP contribution < -0.4 is 16.8 Å². The minimum atomic E-state index is -1.12. The normalized spacial score (nSPS) is 16.9. The van der Waals surface area contributed by atoms with Gasteiger partial charge in [-0.05, 0) is 44.0 Å². The van der Waals surface area contributed by atoms with Crippen LogP contribution in [-0.2, 0) is 10.5 Å². The van der Waals surface area contributed by atoms with Crippen molar-refractivity contribution in [2.45, 2.75) is 32.5 Å². The molecule has 1 unspecified atom stereocenters. The van der Waals surface area contributed by atoms with Gasteiger partial charge in [-0.2, -0.15) is 0 Å². The van der Waals surface area contributed by atoms with Crippen molar-refractivity contribution in [3.63, 3.8) is 0 Å². The Morgan fingerprint density at radius 3 is 2.60 bits per heavy atom. The van der Waals surface area contributed by atoms with E-state index in [9.17, 15) is 9.90 Å². The molecule has 6 heteroatoms. The molecule has 0 radical (unpaired) electrons. The van der Waals surface area contributed by atoms with Crippen molar-refractivity contribution in [1.29, 1.82) is 0 Å². The van der Waals surface area contributed by atoms with E-state index in [0.29, 0.717) is 16.2 Å². The molecule has 2 atom stereocenters. The highest BCUT2D eigenvalue weighted by Gasteiger charge is 2.25.